The summed E-state index contributed by atoms with van der Waals surface area (Å²) in [6.07, 6.45) is 3.24. The Labute approximate surface area is 182 Å². The normalized spacial score (nSPS) is 22.5. The van der Waals surface area contributed by atoms with Crippen molar-refractivity contribution in [3.8, 4) is 0 Å². The zero-order valence-electron chi connectivity index (χ0n) is 17.9. The van der Waals surface area contributed by atoms with E-state index in [2.05, 4.69) is 5.10 Å². The van der Waals surface area contributed by atoms with Crippen LogP contribution in [0.4, 0.5) is 0 Å². The van der Waals surface area contributed by atoms with Gasteiger partial charge in [-0.05, 0) is 24.8 Å². The van der Waals surface area contributed by atoms with Crippen LogP contribution in [-0.4, -0.2) is 53.9 Å². The second-order valence-electron chi connectivity index (χ2n) is 8.88. The molecule has 0 aromatic heterocycles. The van der Waals surface area contributed by atoms with E-state index < -0.39 is 20.1 Å². The first-order valence-corrected chi connectivity index (χ1v) is 13.0. The molecule has 3 rings (SSSR count). The van der Waals surface area contributed by atoms with Gasteiger partial charge in [0.25, 0.3) is 0 Å². The molecule has 0 spiro atoms. The van der Waals surface area contributed by atoms with Crippen molar-refractivity contribution in [3.63, 3.8) is 0 Å². The Balaban J connectivity index is 2.06. The maximum atomic E-state index is 13.4. The van der Waals surface area contributed by atoms with E-state index in [1.165, 1.54) is 23.0 Å². The molecule has 9 heteroatoms. The van der Waals surface area contributed by atoms with Crippen LogP contribution >= 0.6 is 11.8 Å². The third kappa shape index (κ3) is 4.72. The lowest BCUT2D eigenvalue weighted by Crippen LogP contribution is -2.46. The molecule has 0 N–H and O–H groups in total. The zero-order chi connectivity index (χ0) is 22.2. The molecule has 1 fully saturated rings. The molecule has 2 aliphatic heterocycles. The standard InChI is InChI=1S/C21H29N3O4S2/c1-20(2,3)18(26)24-21(13-9-15-30(4,27)28,16-10-6-5-7-11-16)29-19(22-24)23-14-8-12-17(23)25/h5-7,10-11H,8-9,12-15H2,1-4H3. The third-order valence-corrected chi connectivity index (χ3v) is 7.65. The van der Waals surface area contributed by atoms with Crippen LogP contribution in [0.3, 0.4) is 0 Å². The lowest BCUT2D eigenvalue weighted by Gasteiger charge is -2.38. The first-order chi connectivity index (χ1) is 13.9. The van der Waals surface area contributed by atoms with Crippen molar-refractivity contribution in [2.45, 2.75) is 51.3 Å². The quantitative estimate of drug-likeness (QED) is 0.686. The van der Waals surface area contributed by atoms with Gasteiger partial charge in [0, 0.05) is 24.6 Å². The molecule has 30 heavy (non-hydrogen) atoms. The maximum absolute atomic E-state index is 13.4. The number of hydrazone groups is 1. The number of likely N-dealkylation sites (tertiary alicyclic amines) is 1. The SMILES string of the molecule is CC(C)(C)C(=O)N1N=C(N2CCCC2=O)SC1(CCCS(C)(=O)=O)c1ccccc1. The zero-order valence-corrected chi connectivity index (χ0v) is 19.6. The van der Waals surface area contributed by atoms with E-state index in [-0.39, 0.29) is 17.6 Å². The topological polar surface area (TPSA) is 87.1 Å². The molecule has 1 aromatic rings. The third-order valence-electron chi connectivity index (χ3n) is 5.18. The molecule has 1 saturated heterocycles. The smallest absolute Gasteiger partial charge is 0.249 e. The van der Waals surface area contributed by atoms with Gasteiger partial charge in [0.1, 0.15) is 14.7 Å². The van der Waals surface area contributed by atoms with Crippen molar-refractivity contribution in [2.24, 2.45) is 10.5 Å². The number of thioether (sulfide) groups is 1. The molecule has 7 nitrogen and oxygen atoms in total. The average molecular weight is 452 g/mol. The lowest BCUT2D eigenvalue weighted by atomic mass is 9.92. The second kappa shape index (κ2) is 8.34. The van der Waals surface area contributed by atoms with Crippen LogP contribution in [0.1, 0.15) is 52.0 Å². The van der Waals surface area contributed by atoms with Crippen molar-refractivity contribution in [2.75, 3.05) is 18.6 Å². The fourth-order valence-electron chi connectivity index (χ4n) is 3.62. The number of carbonyl (C=O) groups is 2. The molecule has 1 atom stereocenters. The Hall–Kier alpha value is -1.87. The van der Waals surface area contributed by atoms with Crippen molar-refractivity contribution >= 4 is 38.6 Å². The molecule has 1 aromatic carbocycles. The highest BCUT2D eigenvalue weighted by atomic mass is 32.2. The minimum Gasteiger partial charge on any atom is -0.290 e. The predicted molar refractivity (Wildman–Crippen MR) is 119 cm³/mol. The highest BCUT2D eigenvalue weighted by molar-refractivity contribution is 8.14. The van der Waals surface area contributed by atoms with E-state index in [1.807, 2.05) is 51.1 Å². The molecule has 0 aliphatic carbocycles. The second-order valence-corrected chi connectivity index (χ2v) is 12.4. The van der Waals surface area contributed by atoms with Gasteiger partial charge in [0.05, 0.1) is 5.75 Å². The molecule has 2 heterocycles. The van der Waals surface area contributed by atoms with Gasteiger partial charge in [-0.15, -0.1) is 5.10 Å². The van der Waals surface area contributed by atoms with E-state index >= 15 is 0 Å². The fourth-order valence-corrected chi connectivity index (χ4v) is 5.73. The minimum absolute atomic E-state index is 0.00408. The van der Waals surface area contributed by atoms with Gasteiger partial charge < -0.3 is 0 Å². The van der Waals surface area contributed by atoms with Gasteiger partial charge in [0.2, 0.25) is 11.8 Å². The van der Waals surface area contributed by atoms with Crippen molar-refractivity contribution in [3.05, 3.63) is 35.9 Å². The van der Waals surface area contributed by atoms with E-state index in [0.717, 1.165) is 12.0 Å². The van der Waals surface area contributed by atoms with Crippen LogP contribution < -0.4 is 0 Å². The molecule has 0 bridgehead atoms. The number of carbonyl (C=O) groups excluding carboxylic acids is 2. The molecular formula is C21H29N3O4S2. The number of hydrogen-bond acceptors (Lipinski definition) is 6. The molecule has 164 valence electrons. The molecule has 2 aliphatic rings. The van der Waals surface area contributed by atoms with Gasteiger partial charge in [-0.2, -0.15) is 0 Å². The summed E-state index contributed by atoms with van der Waals surface area (Å²) < 4.78 is 23.5. The molecule has 0 saturated carbocycles. The molecule has 0 radical (unpaired) electrons. The summed E-state index contributed by atoms with van der Waals surface area (Å²) in [5.74, 6) is -0.137. The van der Waals surface area contributed by atoms with E-state index in [0.29, 0.717) is 31.0 Å². The number of rotatable bonds is 5. The van der Waals surface area contributed by atoms with E-state index in [1.54, 1.807) is 4.90 Å². The van der Waals surface area contributed by atoms with Crippen molar-refractivity contribution < 1.29 is 18.0 Å². The molecule has 2 amide bonds. The lowest BCUT2D eigenvalue weighted by molar-refractivity contribution is -0.143. The van der Waals surface area contributed by atoms with Gasteiger partial charge in [-0.3, -0.25) is 14.5 Å². The van der Waals surface area contributed by atoms with E-state index in [4.69, 9.17) is 0 Å². The number of amidine groups is 1. The Morgan fingerprint density at radius 2 is 1.90 bits per heavy atom. The summed E-state index contributed by atoms with van der Waals surface area (Å²) in [7, 11) is -3.14. The largest absolute Gasteiger partial charge is 0.290 e. The summed E-state index contributed by atoms with van der Waals surface area (Å²) in [6, 6.07) is 9.55. The van der Waals surface area contributed by atoms with Crippen LogP contribution in [0, 0.1) is 5.41 Å². The van der Waals surface area contributed by atoms with Gasteiger partial charge in [-0.1, -0.05) is 62.9 Å². The minimum atomic E-state index is -3.14. The van der Waals surface area contributed by atoms with E-state index in [9.17, 15) is 18.0 Å². The van der Waals surface area contributed by atoms with Crippen molar-refractivity contribution in [1.82, 2.24) is 9.91 Å². The molecule has 1 unspecified atom stereocenters. The summed E-state index contributed by atoms with van der Waals surface area (Å²) >= 11 is 1.38. The summed E-state index contributed by atoms with van der Waals surface area (Å²) in [4.78, 5) is 26.6. The monoisotopic (exact) mass is 451 g/mol. The maximum Gasteiger partial charge on any atom is 0.249 e. The van der Waals surface area contributed by atoms with Crippen LogP contribution in [0.15, 0.2) is 35.4 Å². The number of nitrogens with zero attached hydrogens (tertiary/aromatic N) is 3. The average Bonchev–Trinajstić information content (AvgIpc) is 3.24. The first-order valence-electron chi connectivity index (χ1n) is 10.1. The fraction of sp³-hybridized carbons (Fsp3) is 0.571. The highest BCUT2D eigenvalue weighted by Gasteiger charge is 2.52. The Kier molecular flexibility index (Phi) is 6.34. The summed E-state index contributed by atoms with van der Waals surface area (Å²) in [5, 5.41) is 6.66. The Morgan fingerprint density at radius 3 is 2.43 bits per heavy atom. The van der Waals surface area contributed by atoms with Crippen molar-refractivity contribution in [1.29, 1.82) is 0 Å². The number of sulfone groups is 1. The molecular weight excluding hydrogens is 422 g/mol. The summed E-state index contributed by atoms with van der Waals surface area (Å²) in [5.41, 5.74) is 0.178. The van der Waals surface area contributed by atoms with Gasteiger partial charge in [-0.25, -0.2) is 13.4 Å². The number of hydrogen-bond donors (Lipinski definition) is 0. The Bertz CT molecular complexity index is 954. The van der Waals surface area contributed by atoms with Gasteiger partial charge in [0.15, 0.2) is 5.17 Å². The number of amides is 2. The van der Waals surface area contributed by atoms with Crippen LogP contribution in [0.5, 0.6) is 0 Å². The Morgan fingerprint density at radius 1 is 1.23 bits per heavy atom. The van der Waals surface area contributed by atoms with Crippen LogP contribution in [0.2, 0.25) is 0 Å². The number of benzene rings is 1. The van der Waals surface area contributed by atoms with Crippen LogP contribution in [-0.2, 0) is 24.3 Å². The summed E-state index contributed by atoms with van der Waals surface area (Å²) in [6.45, 7) is 6.08. The first kappa shape index (κ1) is 22.8. The van der Waals surface area contributed by atoms with Gasteiger partial charge >= 0.3 is 0 Å². The van der Waals surface area contributed by atoms with Crippen LogP contribution in [0.25, 0.3) is 0 Å². The highest BCUT2D eigenvalue weighted by Crippen LogP contribution is 2.51. The predicted octanol–water partition coefficient (Wildman–Crippen LogP) is 3.18.